The van der Waals surface area contributed by atoms with Gasteiger partial charge in [0, 0.05) is 17.6 Å². The molecular formula is C31H38FN3O5S. The van der Waals surface area contributed by atoms with Crippen molar-refractivity contribution in [2.75, 3.05) is 17.5 Å². The van der Waals surface area contributed by atoms with E-state index in [1.165, 1.54) is 42.2 Å². The number of carbonyl (C=O) groups excluding carboxylic acids is 2. The number of aryl methyl sites for hydroxylation is 1. The van der Waals surface area contributed by atoms with Gasteiger partial charge in [0.25, 0.3) is 10.0 Å². The molecule has 0 unspecified atom stereocenters. The standard InChI is InChI=1S/C31H38FN3O5S/c1-7-40-26-16-18-27(19-17-26)41(38,39)35(25-14-12-22(2)13-15-25)21-29(36)34(20-24-10-8-9-11-28(24)32)23(3)30(37)33-31(4,5)6/h8-19,23H,7,20-21H2,1-6H3,(H,33,37)/t23-/m0/s1. The normalized spacial score (nSPS) is 12.4. The van der Waals surface area contributed by atoms with Crippen LogP contribution < -0.4 is 14.4 Å². The first-order valence-electron chi connectivity index (χ1n) is 13.4. The van der Waals surface area contributed by atoms with E-state index in [1.807, 2.05) is 34.6 Å². The van der Waals surface area contributed by atoms with Crippen molar-refractivity contribution in [3.05, 3.63) is 89.7 Å². The zero-order valence-electron chi connectivity index (χ0n) is 24.3. The van der Waals surface area contributed by atoms with E-state index >= 15 is 0 Å². The fraction of sp³-hybridized carbons (Fsp3) is 0.355. The van der Waals surface area contributed by atoms with Crippen molar-refractivity contribution in [2.24, 2.45) is 0 Å². The molecular weight excluding hydrogens is 545 g/mol. The number of rotatable bonds is 11. The van der Waals surface area contributed by atoms with Gasteiger partial charge in [0.2, 0.25) is 11.8 Å². The fourth-order valence-electron chi connectivity index (χ4n) is 4.11. The number of amides is 2. The van der Waals surface area contributed by atoms with E-state index in [0.717, 1.165) is 9.87 Å². The summed E-state index contributed by atoms with van der Waals surface area (Å²) in [5.74, 6) is -1.14. The Hall–Kier alpha value is -3.92. The number of benzene rings is 3. The van der Waals surface area contributed by atoms with E-state index in [0.29, 0.717) is 12.4 Å². The van der Waals surface area contributed by atoms with Gasteiger partial charge in [0.1, 0.15) is 24.2 Å². The van der Waals surface area contributed by atoms with Crippen molar-refractivity contribution in [1.82, 2.24) is 10.2 Å². The van der Waals surface area contributed by atoms with Crippen LogP contribution >= 0.6 is 0 Å². The SMILES string of the molecule is CCOc1ccc(S(=O)(=O)N(CC(=O)N(Cc2ccccc2F)[C@@H](C)C(=O)NC(C)(C)C)c2ccc(C)cc2)cc1. The molecule has 0 aliphatic heterocycles. The molecule has 41 heavy (non-hydrogen) atoms. The Kier molecular flexibility index (Phi) is 10.1. The van der Waals surface area contributed by atoms with Gasteiger partial charge in [-0.15, -0.1) is 0 Å². The molecule has 0 fully saturated rings. The van der Waals surface area contributed by atoms with Crippen LogP contribution in [0.4, 0.5) is 10.1 Å². The van der Waals surface area contributed by atoms with E-state index in [4.69, 9.17) is 4.74 Å². The van der Waals surface area contributed by atoms with Crippen LogP contribution in [0.1, 0.15) is 45.7 Å². The number of sulfonamides is 1. The second-order valence-corrected chi connectivity index (χ2v) is 12.6. The lowest BCUT2D eigenvalue weighted by molar-refractivity contribution is -0.140. The van der Waals surface area contributed by atoms with Crippen molar-refractivity contribution in [3.8, 4) is 5.75 Å². The van der Waals surface area contributed by atoms with E-state index in [1.54, 1.807) is 42.5 Å². The average Bonchev–Trinajstić information content (AvgIpc) is 2.91. The maximum Gasteiger partial charge on any atom is 0.264 e. The van der Waals surface area contributed by atoms with Crippen LogP contribution in [0, 0.1) is 12.7 Å². The molecule has 0 spiro atoms. The van der Waals surface area contributed by atoms with Crippen LogP contribution in [0.3, 0.4) is 0 Å². The van der Waals surface area contributed by atoms with Crippen LogP contribution in [0.15, 0.2) is 77.7 Å². The molecule has 0 saturated heterocycles. The highest BCUT2D eigenvalue weighted by Crippen LogP contribution is 2.26. The first-order valence-corrected chi connectivity index (χ1v) is 14.8. The summed E-state index contributed by atoms with van der Waals surface area (Å²) in [7, 11) is -4.23. The van der Waals surface area contributed by atoms with Gasteiger partial charge in [0.05, 0.1) is 17.2 Å². The van der Waals surface area contributed by atoms with E-state index < -0.39 is 45.8 Å². The quantitative estimate of drug-likeness (QED) is 0.341. The molecule has 0 saturated carbocycles. The second-order valence-electron chi connectivity index (χ2n) is 10.8. The Bertz CT molecular complexity index is 1450. The van der Waals surface area contributed by atoms with E-state index in [2.05, 4.69) is 5.32 Å². The first-order chi connectivity index (χ1) is 19.2. The average molecular weight is 584 g/mol. The molecule has 2 amide bonds. The molecule has 0 aliphatic carbocycles. The molecule has 1 atom stereocenters. The van der Waals surface area contributed by atoms with Gasteiger partial charge in [-0.1, -0.05) is 35.9 Å². The van der Waals surface area contributed by atoms with Gasteiger partial charge in [-0.05, 0) is 84.0 Å². The topological polar surface area (TPSA) is 96.0 Å². The maximum absolute atomic E-state index is 14.7. The number of nitrogens with zero attached hydrogens (tertiary/aromatic N) is 2. The zero-order chi connectivity index (χ0) is 30.4. The summed E-state index contributed by atoms with van der Waals surface area (Å²) < 4.78 is 49.0. The van der Waals surface area contributed by atoms with Gasteiger partial charge in [-0.3, -0.25) is 13.9 Å². The van der Waals surface area contributed by atoms with Crippen molar-refractivity contribution in [1.29, 1.82) is 0 Å². The molecule has 8 nitrogen and oxygen atoms in total. The highest BCUT2D eigenvalue weighted by atomic mass is 32.2. The van der Waals surface area contributed by atoms with E-state index in [-0.39, 0.29) is 22.7 Å². The molecule has 0 aliphatic rings. The number of anilines is 1. The summed E-state index contributed by atoms with van der Waals surface area (Å²) in [5, 5.41) is 2.85. The van der Waals surface area contributed by atoms with Gasteiger partial charge in [-0.25, -0.2) is 12.8 Å². The second kappa shape index (κ2) is 13.2. The number of hydrogen-bond donors (Lipinski definition) is 1. The number of carbonyl (C=O) groups is 2. The van der Waals surface area contributed by atoms with Crippen LogP contribution in [-0.2, 0) is 26.2 Å². The number of hydrogen-bond acceptors (Lipinski definition) is 5. The molecule has 10 heteroatoms. The lowest BCUT2D eigenvalue weighted by atomic mass is 10.1. The maximum atomic E-state index is 14.7. The number of halogens is 1. The first kappa shape index (κ1) is 31.6. The van der Waals surface area contributed by atoms with Gasteiger partial charge >= 0.3 is 0 Å². The Labute approximate surface area is 242 Å². The summed E-state index contributed by atoms with van der Waals surface area (Å²) >= 11 is 0. The Morgan fingerprint density at radius 1 is 0.976 bits per heavy atom. The zero-order valence-corrected chi connectivity index (χ0v) is 25.2. The Morgan fingerprint density at radius 3 is 2.15 bits per heavy atom. The predicted molar refractivity (Wildman–Crippen MR) is 158 cm³/mol. The van der Waals surface area contributed by atoms with Crippen LogP contribution in [0.5, 0.6) is 5.75 Å². The molecule has 0 radical (unpaired) electrons. The predicted octanol–water partition coefficient (Wildman–Crippen LogP) is 5.06. The van der Waals surface area contributed by atoms with Crippen molar-refractivity contribution in [2.45, 2.75) is 64.6 Å². The van der Waals surface area contributed by atoms with Crippen LogP contribution in [0.2, 0.25) is 0 Å². The minimum atomic E-state index is -4.23. The third-order valence-electron chi connectivity index (χ3n) is 6.29. The molecule has 0 heterocycles. The largest absolute Gasteiger partial charge is 0.494 e. The molecule has 3 aromatic carbocycles. The van der Waals surface area contributed by atoms with E-state index in [9.17, 15) is 22.4 Å². The number of nitrogens with one attached hydrogen (secondary N) is 1. The molecule has 3 aromatic rings. The minimum absolute atomic E-state index is 0.0338. The molecule has 0 bridgehead atoms. The van der Waals surface area contributed by atoms with Crippen LogP contribution in [-0.4, -0.2) is 49.9 Å². The monoisotopic (exact) mass is 583 g/mol. The highest BCUT2D eigenvalue weighted by molar-refractivity contribution is 7.92. The molecule has 1 N–H and O–H groups in total. The number of ether oxygens (including phenoxy) is 1. The Balaban J connectivity index is 2.04. The van der Waals surface area contributed by atoms with Gasteiger partial charge in [0.15, 0.2) is 0 Å². The Morgan fingerprint density at radius 2 is 1.59 bits per heavy atom. The summed E-state index contributed by atoms with van der Waals surface area (Å²) in [6.07, 6.45) is 0. The summed E-state index contributed by atoms with van der Waals surface area (Å²) in [6.45, 7) is 10.2. The summed E-state index contributed by atoms with van der Waals surface area (Å²) in [4.78, 5) is 28.2. The smallest absolute Gasteiger partial charge is 0.264 e. The summed E-state index contributed by atoms with van der Waals surface area (Å²) in [5.41, 5.74) is 0.804. The molecule has 3 rings (SSSR count). The van der Waals surface area contributed by atoms with Crippen molar-refractivity contribution >= 4 is 27.5 Å². The van der Waals surface area contributed by atoms with Crippen LogP contribution in [0.25, 0.3) is 0 Å². The highest BCUT2D eigenvalue weighted by Gasteiger charge is 2.33. The molecule has 220 valence electrons. The lowest BCUT2D eigenvalue weighted by Crippen LogP contribution is -2.54. The third-order valence-corrected chi connectivity index (χ3v) is 8.08. The van der Waals surface area contributed by atoms with Gasteiger partial charge < -0.3 is 15.0 Å². The van der Waals surface area contributed by atoms with Crippen molar-refractivity contribution in [3.63, 3.8) is 0 Å². The van der Waals surface area contributed by atoms with Crippen molar-refractivity contribution < 1.29 is 27.1 Å². The molecule has 0 aromatic heterocycles. The van der Waals surface area contributed by atoms with Gasteiger partial charge in [-0.2, -0.15) is 0 Å². The fourth-order valence-corrected chi connectivity index (χ4v) is 5.52. The third kappa shape index (κ3) is 8.29. The minimum Gasteiger partial charge on any atom is -0.494 e. The lowest BCUT2D eigenvalue weighted by Gasteiger charge is -2.33. The summed E-state index contributed by atoms with van der Waals surface area (Å²) in [6, 6.07) is 17.6.